The molecular weight excluding hydrogens is 328 g/mol. The van der Waals surface area contributed by atoms with Crippen LogP contribution in [0.5, 0.6) is 0 Å². The van der Waals surface area contributed by atoms with E-state index in [0.717, 1.165) is 0 Å². The van der Waals surface area contributed by atoms with E-state index in [4.69, 9.17) is 19.7 Å². The van der Waals surface area contributed by atoms with E-state index in [1.54, 1.807) is 17.9 Å². The molecule has 0 amide bonds. The van der Waals surface area contributed by atoms with Crippen LogP contribution in [0.25, 0.3) is 21.6 Å². The van der Waals surface area contributed by atoms with Gasteiger partial charge in [-0.1, -0.05) is 5.11 Å². The highest BCUT2D eigenvalue weighted by atomic mass is 16.8. The lowest BCUT2D eigenvalue weighted by molar-refractivity contribution is -0.195. The highest BCUT2D eigenvalue weighted by Gasteiger charge is 2.55. The van der Waals surface area contributed by atoms with E-state index < -0.39 is 18.1 Å². The first-order chi connectivity index (χ1) is 12.0. The first-order valence-electron chi connectivity index (χ1n) is 7.91. The molecule has 2 aliphatic heterocycles. The van der Waals surface area contributed by atoms with Crippen molar-refractivity contribution >= 4 is 17.0 Å². The van der Waals surface area contributed by atoms with Gasteiger partial charge in [0.2, 0.25) is 0 Å². The van der Waals surface area contributed by atoms with E-state index in [-0.39, 0.29) is 18.8 Å². The number of nitrogens with zero attached hydrogens (tertiary/aromatic N) is 7. The molecule has 2 aliphatic rings. The van der Waals surface area contributed by atoms with E-state index in [0.29, 0.717) is 17.0 Å². The zero-order valence-electron chi connectivity index (χ0n) is 14.0. The summed E-state index contributed by atoms with van der Waals surface area (Å²) in [5.41, 5.74) is 9.88. The number of aromatic nitrogens is 4. The number of rotatable bonds is 4. The van der Waals surface area contributed by atoms with Gasteiger partial charge in [0, 0.05) is 12.0 Å². The fourth-order valence-corrected chi connectivity index (χ4v) is 3.37. The van der Waals surface area contributed by atoms with Crippen molar-refractivity contribution in [1.82, 2.24) is 19.5 Å². The Morgan fingerprint density at radius 3 is 2.88 bits per heavy atom. The van der Waals surface area contributed by atoms with Crippen LogP contribution in [0.4, 0.5) is 5.82 Å². The number of anilines is 1. The Hall–Kier alpha value is -2.46. The molecule has 4 heterocycles. The topological polar surface area (TPSA) is 132 Å². The predicted octanol–water partition coefficient (Wildman–Crippen LogP) is 1.60. The highest BCUT2D eigenvalue weighted by molar-refractivity contribution is 5.82. The lowest BCUT2D eigenvalue weighted by Gasteiger charge is -2.24. The number of imidazole rings is 1. The molecule has 25 heavy (non-hydrogen) atoms. The summed E-state index contributed by atoms with van der Waals surface area (Å²) < 4.78 is 19.9. The average Bonchev–Trinajstić information content (AvgIpc) is 3.23. The van der Waals surface area contributed by atoms with E-state index in [1.165, 1.54) is 6.33 Å². The SMILES string of the molecule is CNc1ncnc2c1ncn2C1OC(CN=[N+]=[N-])C2OC(C)(C)OC21. The van der Waals surface area contributed by atoms with Crippen LogP contribution in [0.2, 0.25) is 0 Å². The van der Waals surface area contributed by atoms with Gasteiger partial charge in [-0.05, 0) is 19.4 Å². The smallest absolute Gasteiger partial charge is 0.167 e. The first kappa shape index (κ1) is 16.0. The molecule has 4 atom stereocenters. The van der Waals surface area contributed by atoms with Crippen LogP contribution in [-0.2, 0) is 14.2 Å². The molecule has 2 fully saturated rings. The van der Waals surface area contributed by atoms with Crippen molar-refractivity contribution in [2.75, 3.05) is 18.9 Å². The van der Waals surface area contributed by atoms with Crippen molar-refractivity contribution in [2.24, 2.45) is 5.11 Å². The average molecular weight is 346 g/mol. The number of ether oxygens (including phenoxy) is 3. The quantitative estimate of drug-likeness (QED) is 0.505. The van der Waals surface area contributed by atoms with E-state index in [1.807, 2.05) is 13.8 Å². The highest BCUT2D eigenvalue weighted by Crippen LogP contribution is 2.43. The van der Waals surface area contributed by atoms with Gasteiger partial charge in [0.05, 0.1) is 19.0 Å². The molecule has 0 aliphatic carbocycles. The summed E-state index contributed by atoms with van der Waals surface area (Å²) in [4.78, 5) is 15.7. The van der Waals surface area contributed by atoms with Crippen molar-refractivity contribution in [3.05, 3.63) is 23.1 Å². The molecule has 132 valence electrons. The standard InChI is InChI=1S/C14H18N8O3/c1-14(2)24-9-7(4-20-21-15)23-13(10(9)25-14)22-6-19-8-11(16-3)17-5-18-12(8)22/h5-7,9-10,13H,4H2,1-3H3,(H,16,17,18). The molecular formula is C14H18N8O3. The first-order valence-corrected chi connectivity index (χ1v) is 7.91. The molecule has 0 aromatic carbocycles. The molecule has 2 aromatic rings. The zero-order chi connectivity index (χ0) is 17.6. The largest absolute Gasteiger partial charge is 0.371 e. The van der Waals surface area contributed by atoms with Crippen LogP contribution in [0.1, 0.15) is 20.1 Å². The molecule has 0 bridgehead atoms. The second-order valence-corrected chi connectivity index (χ2v) is 6.34. The molecule has 0 radical (unpaired) electrons. The third kappa shape index (κ3) is 2.57. The minimum atomic E-state index is -0.743. The van der Waals surface area contributed by atoms with Gasteiger partial charge >= 0.3 is 0 Å². The number of fused-ring (bicyclic) bond motifs is 2. The minimum Gasteiger partial charge on any atom is -0.371 e. The molecule has 2 aromatic heterocycles. The normalized spacial score (nSPS) is 30.2. The summed E-state index contributed by atoms with van der Waals surface area (Å²) >= 11 is 0. The Balaban J connectivity index is 1.73. The van der Waals surface area contributed by atoms with Gasteiger partial charge in [-0.2, -0.15) is 0 Å². The lowest BCUT2D eigenvalue weighted by atomic mass is 10.1. The van der Waals surface area contributed by atoms with Gasteiger partial charge in [0.15, 0.2) is 23.5 Å². The van der Waals surface area contributed by atoms with Gasteiger partial charge < -0.3 is 19.5 Å². The molecule has 11 heteroatoms. The van der Waals surface area contributed by atoms with Crippen LogP contribution in [0.15, 0.2) is 17.8 Å². The van der Waals surface area contributed by atoms with E-state index in [9.17, 15) is 0 Å². The number of hydrogen-bond donors (Lipinski definition) is 1. The molecule has 4 unspecified atom stereocenters. The maximum Gasteiger partial charge on any atom is 0.167 e. The Labute approximate surface area is 142 Å². The van der Waals surface area contributed by atoms with Crippen LogP contribution in [0, 0.1) is 0 Å². The van der Waals surface area contributed by atoms with Crippen molar-refractivity contribution in [3.8, 4) is 0 Å². The molecule has 4 rings (SSSR count). The monoisotopic (exact) mass is 346 g/mol. The Bertz CT molecular complexity index is 846. The second kappa shape index (κ2) is 5.81. The molecule has 2 saturated heterocycles. The zero-order valence-corrected chi connectivity index (χ0v) is 14.0. The van der Waals surface area contributed by atoms with E-state index in [2.05, 4.69) is 30.3 Å². The number of nitrogens with one attached hydrogen (secondary N) is 1. The predicted molar refractivity (Wildman–Crippen MR) is 86.6 cm³/mol. The summed E-state index contributed by atoms with van der Waals surface area (Å²) in [5.74, 6) is -0.110. The van der Waals surface area contributed by atoms with Gasteiger partial charge in [-0.15, -0.1) is 0 Å². The summed E-state index contributed by atoms with van der Waals surface area (Å²) in [5, 5.41) is 6.62. The molecule has 11 nitrogen and oxygen atoms in total. The van der Waals surface area contributed by atoms with Crippen molar-refractivity contribution < 1.29 is 14.2 Å². The van der Waals surface area contributed by atoms with E-state index >= 15 is 0 Å². The fourth-order valence-electron chi connectivity index (χ4n) is 3.37. The Morgan fingerprint density at radius 2 is 2.12 bits per heavy atom. The maximum absolute atomic E-state index is 8.61. The van der Waals surface area contributed by atoms with Gasteiger partial charge in [-0.3, -0.25) is 4.57 Å². The van der Waals surface area contributed by atoms with Crippen LogP contribution in [-0.4, -0.2) is 57.2 Å². The van der Waals surface area contributed by atoms with Gasteiger partial charge in [0.1, 0.15) is 24.1 Å². The molecule has 0 saturated carbocycles. The Morgan fingerprint density at radius 1 is 1.32 bits per heavy atom. The van der Waals surface area contributed by atoms with Crippen molar-refractivity contribution in [3.63, 3.8) is 0 Å². The van der Waals surface area contributed by atoms with Crippen molar-refractivity contribution in [2.45, 2.75) is 44.2 Å². The van der Waals surface area contributed by atoms with Crippen molar-refractivity contribution in [1.29, 1.82) is 0 Å². The number of azide groups is 1. The van der Waals surface area contributed by atoms with Gasteiger partial charge in [0.25, 0.3) is 0 Å². The minimum absolute atomic E-state index is 0.164. The van der Waals surface area contributed by atoms with Crippen LogP contribution in [0.3, 0.4) is 0 Å². The summed E-state index contributed by atoms with van der Waals surface area (Å²) in [6.07, 6.45) is 1.51. The maximum atomic E-state index is 8.61. The Kier molecular flexibility index (Phi) is 3.73. The number of hydrogen-bond acceptors (Lipinski definition) is 8. The summed E-state index contributed by atoms with van der Waals surface area (Å²) in [6, 6.07) is 0. The molecule has 0 spiro atoms. The van der Waals surface area contributed by atoms with Crippen LogP contribution < -0.4 is 5.32 Å². The lowest BCUT2D eigenvalue weighted by Crippen LogP contribution is -2.31. The molecule has 1 N–H and O–H groups in total. The van der Waals surface area contributed by atoms with Gasteiger partial charge in [-0.25, -0.2) is 15.0 Å². The fraction of sp³-hybridized carbons (Fsp3) is 0.643. The third-order valence-electron chi connectivity index (χ3n) is 4.32. The second-order valence-electron chi connectivity index (χ2n) is 6.34. The summed E-state index contributed by atoms with van der Waals surface area (Å²) in [7, 11) is 1.77. The van der Waals surface area contributed by atoms with Crippen LogP contribution >= 0.6 is 0 Å². The summed E-state index contributed by atoms with van der Waals surface area (Å²) in [6.45, 7) is 3.86. The third-order valence-corrected chi connectivity index (χ3v) is 4.32.